The van der Waals surface area contributed by atoms with E-state index in [0.717, 1.165) is 0 Å². The maximum Gasteiger partial charge on any atom is 0.263 e. The van der Waals surface area contributed by atoms with Gasteiger partial charge in [-0.05, 0) is 38.0 Å². The fourth-order valence-electron chi connectivity index (χ4n) is 1.14. The van der Waals surface area contributed by atoms with Crippen LogP contribution in [0.15, 0.2) is 33.6 Å². The Kier molecular flexibility index (Phi) is 1.96. The molecule has 1 aromatic heterocycles. The van der Waals surface area contributed by atoms with E-state index in [1.807, 2.05) is 0 Å². The van der Waals surface area contributed by atoms with Crippen LogP contribution in [-0.2, 0) is 10.0 Å². The highest BCUT2D eigenvalue weighted by atomic mass is 32.2. The van der Waals surface area contributed by atoms with Crippen LogP contribution in [0.1, 0.15) is 16.8 Å². The molecule has 0 fully saturated rings. The third-order valence-corrected chi connectivity index (χ3v) is 3.48. The van der Waals surface area contributed by atoms with Crippen LogP contribution in [-0.4, -0.2) is 13.6 Å². The van der Waals surface area contributed by atoms with Crippen molar-refractivity contribution in [3.05, 3.63) is 35.5 Å². The van der Waals surface area contributed by atoms with Crippen molar-refractivity contribution in [2.24, 2.45) is 0 Å². The Balaban J connectivity index is 2.63. The number of anilines is 2. The smallest absolute Gasteiger partial charge is 0.263 e. The molecule has 3 N–H and O–H groups in total. The molecule has 0 radical (unpaired) electrons. The number of hydrogen-bond acceptors (Lipinski definition) is 5. The van der Waals surface area contributed by atoms with Gasteiger partial charge in [-0.15, -0.1) is 0 Å². The fraction of sp³-hybridized carbons (Fsp3) is 0.182. The summed E-state index contributed by atoms with van der Waals surface area (Å²) in [7, 11) is -4.39. The molecular weight excluding hydrogens is 254 g/mol. The van der Waals surface area contributed by atoms with Gasteiger partial charge in [-0.2, -0.15) is 0 Å². The van der Waals surface area contributed by atoms with Gasteiger partial charge < -0.3 is 10.3 Å². The zero-order valence-corrected chi connectivity index (χ0v) is 10.5. The van der Waals surface area contributed by atoms with Gasteiger partial charge in [0.05, 0.1) is 10.4 Å². The van der Waals surface area contributed by atoms with Gasteiger partial charge in [0.25, 0.3) is 10.0 Å². The highest BCUT2D eigenvalue weighted by molar-refractivity contribution is 7.92. The van der Waals surface area contributed by atoms with Crippen LogP contribution in [0.3, 0.4) is 0 Å². The van der Waals surface area contributed by atoms with Crippen LogP contribution in [0.5, 0.6) is 0 Å². The maximum atomic E-state index is 12.4. The SMILES string of the molecule is [2H]c1c([2H])c(S(=O)(=O)Nc2noc(C)c2C)c([2H])c([2H])c1N. The quantitative estimate of drug-likeness (QED) is 0.827. The van der Waals surface area contributed by atoms with Gasteiger partial charge in [-0.3, -0.25) is 4.72 Å². The lowest BCUT2D eigenvalue weighted by Crippen LogP contribution is -2.13. The number of rotatable bonds is 3. The molecule has 0 bridgehead atoms. The summed E-state index contributed by atoms with van der Waals surface area (Å²) in [5, 5.41) is 3.54. The summed E-state index contributed by atoms with van der Waals surface area (Å²) < 4.78 is 62.3. The van der Waals surface area contributed by atoms with Gasteiger partial charge in [-0.25, -0.2) is 8.42 Å². The summed E-state index contributed by atoms with van der Waals surface area (Å²) in [5.41, 5.74) is 5.46. The van der Waals surface area contributed by atoms with Crippen molar-refractivity contribution in [1.82, 2.24) is 5.16 Å². The summed E-state index contributed by atoms with van der Waals surface area (Å²) in [5.74, 6) is 0.334. The van der Waals surface area contributed by atoms with Crippen molar-refractivity contribution in [1.29, 1.82) is 0 Å². The number of nitrogen functional groups attached to an aromatic ring is 1. The average molecular weight is 271 g/mol. The first kappa shape index (κ1) is 8.15. The van der Waals surface area contributed by atoms with Crippen LogP contribution in [0.4, 0.5) is 11.5 Å². The van der Waals surface area contributed by atoms with E-state index in [4.69, 9.17) is 15.7 Å². The number of sulfonamides is 1. The number of nitrogens with one attached hydrogen (secondary N) is 1. The summed E-state index contributed by atoms with van der Waals surface area (Å²) in [6.45, 7) is 3.18. The minimum absolute atomic E-state index is 0.0776. The highest BCUT2D eigenvalue weighted by Gasteiger charge is 2.18. The van der Waals surface area contributed by atoms with E-state index < -0.39 is 44.8 Å². The summed E-state index contributed by atoms with van der Waals surface area (Å²) in [6.07, 6.45) is 0. The van der Waals surface area contributed by atoms with Gasteiger partial charge in [0.2, 0.25) is 0 Å². The van der Waals surface area contributed by atoms with E-state index in [2.05, 4.69) is 9.88 Å². The van der Waals surface area contributed by atoms with E-state index in [0.29, 0.717) is 11.3 Å². The molecule has 0 atom stereocenters. The highest BCUT2D eigenvalue weighted by Crippen LogP contribution is 2.21. The normalized spacial score (nSPS) is 14.6. The Hall–Kier alpha value is -2.02. The minimum Gasteiger partial charge on any atom is -0.399 e. The van der Waals surface area contributed by atoms with Crippen LogP contribution < -0.4 is 10.5 Å². The molecule has 2 rings (SSSR count). The second-order valence-corrected chi connectivity index (χ2v) is 5.18. The Morgan fingerprint density at radius 2 is 1.94 bits per heavy atom. The molecule has 6 nitrogen and oxygen atoms in total. The molecule has 0 amide bonds. The Morgan fingerprint density at radius 1 is 1.33 bits per heavy atom. The number of aryl methyl sites for hydroxylation is 1. The van der Waals surface area contributed by atoms with Crippen molar-refractivity contribution in [3.8, 4) is 0 Å². The van der Waals surface area contributed by atoms with Crippen molar-refractivity contribution in [2.45, 2.75) is 18.7 Å². The zero-order chi connectivity index (χ0) is 16.8. The average Bonchev–Trinajstić information content (AvgIpc) is 2.74. The van der Waals surface area contributed by atoms with Crippen molar-refractivity contribution in [2.75, 3.05) is 10.5 Å². The third kappa shape index (κ3) is 2.30. The monoisotopic (exact) mass is 271 g/mol. The first-order valence-electron chi connectivity index (χ1n) is 6.89. The molecule has 0 aliphatic rings. The number of aromatic nitrogens is 1. The topological polar surface area (TPSA) is 98.2 Å². The Bertz CT molecular complexity index is 835. The molecule has 18 heavy (non-hydrogen) atoms. The lowest BCUT2D eigenvalue weighted by atomic mass is 10.3. The summed E-state index contributed by atoms with van der Waals surface area (Å²) >= 11 is 0. The van der Waals surface area contributed by atoms with Gasteiger partial charge in [0.15, 0.2) is 5.82 Å². The first-order chi connectivity index (χ1) is 10.1. The predicted octanol–water partition coefficient (Wildman–Crippen LogP) is 1.67. The molecule has 2 aromatic rings. The second-order valence-electron chi connectivity index (χ2n) is 3.56. The van der Waals surface area contributed by atoms with E-state index in [9.17, 15) is 8.42 Å². The van der Waals surface area contributed by atoms with Gasteiger partial charge in [0.1, 0.15) is 5.76 Å². The fourth-order valence-corrected chi connectivity index (χ4v) is 2.05. The van der Waals surface area contributed by atoms with Gasteiger partial charge in [-0.1, -0.05) is 5.16 Å². The van der Waals surface area contributed by atoms with Gasteiger partial charge in [0, 0.05) is 11.3 Å². The predicted molar refractivity (Wildman–Crippen MR) is 67.6 cm³/mol. The van der Waals surface area contributed by atoms with E-state index in [1.54, 1.807) is 13.8 Å². The minimum atomic E-state index is -4.39. The van der Waals surface area contributed by atoms with E-state index in [1.165, 1.54) is 0 Å². The number of nitrogens with zero attached hydrogens (tertiary/aromatic N) is 1. The van der Waals surface area contributed by atoms with Crippen LogP contribution in [0, 0.1) is 13.8 Å². The Labute approximate surface area is 110 Å². The summed E-state index contributed by atoms with van der Waals surface area (Å²) in [4.78, 5) is -0.795. The molecule has 0 unspecified atom stereocenters. The molecule has 0 saturated carbocycles. The molecule has 7 heteroatoms. The number of benzene rings is 1. The molecule has 96 valence electrons. The van der Waals surface area contributed by atoms with Crippen molar-refractivity contribution >= 4 is 21.5 Å². The zero-order valence-electron chi connectivity index (χ0n) is 13.7. The molecule has 0 aliphatic heterocycles. The molecule has 0 aliphatic carbocycles. The molecular formula is C11H13N3O3S. The van der Waals surface area contributed by atoms with Crippen molar-refractivity contribution in [3.63, 3.8) is 0 Å². The second kappa shape index (κ2) is 4.34. The van der Waals surface area contributed by atoms with Crippen LogP contribution in [0.25, 0.3) is 0 Å². The standard InChI is InChI=1S/C11H13N3O3S/c1-7-8(2)17-13-11(7)14-18(15,16)10-5-3-9(12)4-6-10/h3-6H,12H2,1-2H3,(H,13,14)/i3D,4D,5D,6D. The van der Waals surface area contributed by atoms with Gasteiger partial charge >= 0.3 is 0 Å². The van der Waals surface area contributed by atoms with Crippen LogP contribution in [0.2, 0.25) is 0 Å². The maximum absolute atomic E-state index is 12.4. The Morgan fingerprint density at radius 3 is 2.44 bits per heavy atom. The lowest BCUT2D eigenvalue weighted by Gasteiger charge is -2.05. The number of nitrogens with two attached hydrogens (primary N) is 1. The molecule has 0 saturated heterocycles. The largest absolute Gasteiger partial charge is 0.399 e. The van der Waals surface area contributed by atoms with E-state index in [-0.39, 0.29) is 5.82 Å². The van der Waals surface area contributed by atoms with E-state index >= 15 is 0 Å². The molecule has 0 spiro atoms. The lowest BCUT2D eigenvalue weighted by molar-refractivity contribution is 0.399. The number of hydrogen-bond donors (Lipinski definition) is 2. The molecule has 1 heterocycles. The third-order valence-electron chi connectivity index (χ3n) is 2.28. The molecule has 1 aromatic carbocycles. The first-order valence-corrected chi connectivity index (χ1v) is 6.37. The van der Waals surface area contributed by atoms with Crippen molar-refractivity contribution < 1.29 is 18.4 Å². The van der Waals surface area contributed by atoms with Crippen LogP contribution >= 0.6 is 0 Å². The summed E-state index contributed by atoms with van der Waals surface area (Å²) in [6, 6.07) is -2.73.